The molecule has 1 saturated heterocycles. The van der Waals surface area contributed by atoms with Crippen molar-refractivity contribution < 1.29 is 4.74 Å². The molecule has 3 heterocycles. The summed E-state index contributed by atoms with van der Waals surface area (Å²) in [5.41, 5.74) is 2.40. The number of hydrogen-bond donors (Lipinski definition) is 0. The molecule has 3 aromatic rings. The van der Waals surface area contributed by atoms with Gasteiger partial charge in [0.2, 0.25) is 5.13 Å². The van der Waals surface area contributed by atoms with Crippen molar-refractivity contribution in [1.82, 2.24) is 18.9 Å². The molecule has 6 nitrogen and oxygen atoms in total. The van der Waals surface area contributed by atoms with E-state index in [-0.39, 0.29) is 0 Å². The Hall–Kier alpha value is -1.99. The van der Waals surface area contributed by atoms with Gasteiger partial charge in [0.25, 0.3) is 0 Å². The van der Waals surface area contributed by atoms with E-state index in [0.717, 1.165) is 36.0 Å². The van der Waals surface area contributed by atoms with E-state index in [0.29, 0.717) is 18.6 Å². The number of imidazole rings is 1. The highest BCUT2D eigenvalue weighted by Gasteiger charge is 2.37. The standard InChI is InChI=1S/C18H21N5OS/c1-24-9-8-16-20-18(25-21-16)22-10-13(11-22)23-15-5-3-2-4-14(15)19-17(23)12-6-7-12/h2-5,12-13H,6-11H2,1H3. The van der Waals surface area contributed by atoms with Crippen molar-refractivity contribution in [1.29, 1.82) is 0 Å². The first kappa shape index (κ1) is 15.3. The van der Waals surface area contributed by atoms with Crippen LogP contribution in [0.1, 0.15) is 36.5 Å². The van der Waals surface area contributed by atoms with Crippen LogP contribution in [0.4, 0.5) is 5.13 Å². The maximum atomic E-state index is 5.10. The quantitative estimate of drug-likeness (QED) is 0.680. The Morgan fingerprint density at radius 3 is 2.84 bits per heavy atom. The molecule has 2 fully saturated rings. The highest BCUT2D eigenvalue weighted by Crippen LogP contribution is 2.43. The van der Waals surface area contributed by atoms with E-state index >= 15 is 0 Å². The minimum absolute atomic E-state index is 0.481. The molecule has 1 aromatic carbocycles. The fourth-order valence-electron chi connectivity index (χ4n) is 3.52. The first-order chi connectivity index (χ1) is 12.3. The van der Waals surface area contributed by atoms with Gasteiger partial charge in [0, 0.05) is 44.1 Å². The minimum atomic E-state index is 0.481. The van der Waals surface area contributed by atoms with Gasteiger partial charge in [-0.2, -0.15) is 4.37 Å². The molecule has 2 aliphatic rings. The lowest BCUT2D eigenvalue weighted by Gasteiger charge is -2.40. The lowest BCUT2D eigenvalue weighted by molar-refractivity contribution is 0.201. The van der Waals surface area contributed by atoms with Crippen LogP contribution in [0.5, 0.6) is 0 Å². The molecule has 130 valence electrons. The average molecular weight is 355 g/mol. The summed E-state index contributed by atoms with van der Waals surface area (Å²) in [7, 11) is 1.71. The summed E-state index contributed by atoms with van der Waals surface area (Å²) >= 11 is 1.49. The van der Waals surface area contributed by atoms with Gasteiger partial charge in [-0.05, 0) is 25.0 Å². The monoisotopic (exact) mass is 355 g/mol. The number of benzene rings is 1. The van der Waals surface area contributed by atoms with Crippen LogP contribution in [0.3, 0.4) is 0 Å². The van der Waals surface area contributed by atoms with E-state index < -0.39 is 0 Å². The minimum Gasteiger partial charge on any atom is -0.384 e. The van der Waals surface area contributed by atoms with E-state index in [1.54, 1.807) is 7.11 Å². The molecule has 0 N–H and O–H groups in total. The molecular formula is C18H21N5OS. The molecule has 2 aromatic heterocycles. The SMILES string of the molecule is COCCc1nsc(N2CC(n3c(C4CC4)nc4ccccc43)C2)n1. The molecular weight excluding hydrogens is 334 g/mol. The van der Waals surface area contributed by atoms with Gasteiger partial charge in [-0.1, -0.05) is 12.1 Å². The van der Waals surface area contributed by atoms with E-state index in [1.807, 2.05) is 0 Å². The maximum Gasteiger partial charge on any atom is 0.205 e. The molecule has 1 aliphatic heterocycles. The van der Waals surface area contributed by atoms with Gasteiger partial charge in [0.1, 0.15) is 11.6 Å². The number of nitrogens with zero attached hydrogens (tertiary/aromatic N) is 5. The third-order valence-electron chi connectivity index (χ3n) is 5.05. The Labute approximate surface area is 150 Å². The smallest absolute Gasteiger partial charge is 0.205 e. The second-order valence-electron chi connectivity index (χ2n) is 6.90. The first-order valence-corrected chi connectivity index (χ1v) is 9.64. The second-order valence-corrected chi connectivity index (χ2v) is 7.63. The molecule has 0 amide bonds. The summed E-state index contributed by atoms with van der Waals surface area (Å²) in [6.45, 7) is 2.64. The summed E-state index contributed by atoms with van der Waals surface area (Å²) in [4.78, 5) is 11.9. The van der Waals surface area contributed by atoms with Crippen molar-refractivity contribution in [3.8, 4) is 0 Å². The van der Waals surface area contributed by atoms with Crippen molar-refractivity contribution in [2.24, 2.45) is 0 Å². The van der Waals surface area contributed by atoms with Crippen molar-refractivity contribution in [3.63, 3.8) is 0 Å². The zero-order valence-electron chi connectivity index (χ0n) is 14.3. The molecule has 5 rings (SSSR count). The highest BCUT2D eigenvalue weighted by atomic mass is 32.1. The molecule has 25 heavy (non-hydrogen) atoms. The Morgan fingerprint density at radius 2 is 2.04 bits per heavy atom. The molecule has 0 spiro atoms. The van der Waals surface area contributed by atoms with Gasteiger partial charge in [-0.15, -0.1) is 0 Å². The van der Waals surface area contributed by atoms with Gasteiger partial charge >= 0.3 is 0 Å². The zero-order chi connectivity index (χ0) is 16.8. The summed E-state index contributed by atoms with van der Waals surface area (Å²) in [5, 5.41) is 1.03. The molecule has 0 atom stereocenters. The predicted octanol–water partition coefficient (Wildman–Crippen LogP) is 3.02. The number of rotatable bonds is 6. The van der Waals surface area contributed by atoms with E-state index in [1.165, 1.54) is 35.7 Å². The van der Waals surface area contributed by atoms with Gasteiger partial charge in [0.15, 0.2) is 0 Å². The van der Waals surface area contributed by atoms with Gasteiger partial charge in [-0.3, -0.25) is 0 Å². The number of para-hydroxylation sites is 2. The summed E-state index contributed by atoms with van der Waals surface area (Å²) in [6, 6.07) is 8.99. The molecule has 0 radical (unpaired) electrons. The van der Waals surface area contributed by atoms with Crippen LogP contribution >= 0.6 is 11.5 Å². The van der Waals surface area contributed by atoms with Crippen LogP contribution in [0, 0.1) is 0 Å². The number of methoxy groups -OCH3 is 1. The Balaban J connectivity index is 1.36. The molecule has 0 bridgehead atoms. The second kappa shape index (κ2) is 6.07. The largest absolute Gasteiger partial charge is 0.384 e. The van der Waals surface area contributed by atoms with Crippen LogP contribution in [-0.4, -0.2) is 45.7 Å². The fourth-order valence-corrected chi connectivity index (χ4v) is 4.25. The Bertz CT molecular complexity index is 894. The van der Waals surface area contributed by atoms with Gasteiger partial charge in [0.05, 0.1) is 23.7 Å². The van der Waals surface area contributed by atoms with E-state index in [2.05, 4.69) is 43.1 Å². The Kier molecular flexibility index (Phi) is 3.71. The average Bonchev–Trinajstić information content (AvgIpc) is 3.22. The first-order valence-electron chi connectivity index (χ1n) is 8.87. The van der Waals surface area contributed by atoms with Crippen LogP contribution in [0.2, 0.25) is 0 Å². The topological polar surface area (TPSA) is 56.1 Å². The van der Waals surface area contributed by atoms with Crippen molar-refractivity contribution >= 4 is 27.7 Å². The number of hydrogen-bond acceptors (Lipinski definition) is 6. The van der Waals surface area contributed by atoms with Crippen molar-refractivity contribution in [3.05, 3.63) is 35.9 Å². The van der Waals surface area contributed by atoms with Crippen LogP contribution in [0.15, 0.2) is 24.3 Å². The lowest BCUT2D eigenvalue weighted by atomic mass is 10.1. The van der Waals surface area contributed by atoms with Crippen molar-refractivity contribution in [2.45, 2.75) is 31.2 Å². The van der Waals surface area contributed by atoms with Gasteiger partial charge in [-0.25, -0.2) is 9.97 Å². The maximum absolute atomic E-state index is 5.10. The third kappa shape index (κ3) is 2.71. The summed E-state index contributed by atoms with van der Waals surface area (Å²) in [6.07, 6.45) is 3.33. The lowest BCUT2D eigenvalue weighted by Crippen LogP contribution is -2.48. The molecule has 7 heteroatoms. The molecule has 1 saturated carbocycles. The zero-order valence-corrected chi connectivity index (χ0v) is 15.1. The van der Waals surface area contributed by atoms with E-state index in [9.17, 15) is 0 Å². The number of fused-ring (bicyclic) bond motifs is 1. The van der Waals surface area contributed by atoms with E-state index in [4.69, 9.17) is 9.72 Å². The van der Waals surface area contributed by atoms with Crippen LogP contribution < -0.4 is 4.90 Å². The number of aromatic nitrogens is 4. The number of ether oxygens (including phenoxy) is 1. The van der Waals surface area contributed by atoms with Crippen molar-refractivity contribution in [2.75, 3.05) is 31.7 Å². The third-order valence-corrected chi connectivity index (χ3v) is 5.87. The fraction of sp³-hybridized carbons (Fsp3) is 0.500. The van der Waals surface area contributed by atoms with Crippen LogP contribution in [0.25, 0.3) is 11.0 Å². The number of anilines is 1. The summed E-state index contributed by atoms with van der Waals surface area (Å²) < 4.78 is 12.0. The highest BCUT2D eigenvalue weighted by molar-refractivity contribution is 7.09. The normalized spacial score (nSPS) is 18.0. The summed E-state index contributed by atoms with van der Waals surface area (Å²) in [5.74, 6) is 2.82. The van der Waals surface area contributed by atoms with Crippen LogP contribution in [-0.2, 0) is 11.2 Å². The Morgan fingerprint density at radius 1 is 1.20 bits per heavy atom. The molecule has 1 aliphatic carbocycles. The molecule has 0 unspecified atom stereocenters. The predicted molar refractivity (Wildman–Crippen MR) is 98.4 cm³/mol. The van der Waals surface area contributed by atoms with Gasteiger partial charge < -0.3 is 14.2 Å².